The molecule has 1 aliphatic carbocycles. The average Bonchev–Trinajstić information content (AvgIpc) is 2.39. The first-order chi connectivity index (χ1) is 8.18. The van der Waals surface area contributed by atoms with Gasteiger partial charge in [-0.25, -0.2) is 0 Å². The molecule has 0 N–H and O–H groups in total. The molecule has 1 saturated carbocycles. The number of ketones is 1. The van der Waals surface area contributed by atoms with Crippen LogP contribution >= 0.6 is 0 Å². The molecule has 1 heteroatoms. The molecule has 1 nitrogen and oxygen atoms in total. The van der Waals surface area contributed by atoms with Crippen LogP contribution in [0.5, 0.6) is 0 Å². The van der Waals surface area contributed by atoms with Crippen molar-refractivity contribution in [2.24, 2.45) is 0 Å². The fourth-order valence-electron chi connectivity index (χ4n) is 2.59. The Kier molecular flexibility index (Phi) is 3.78. The second-order valence-electron chi connectivity index (χ2n) is 5.07. The molecule has 0 aliphatic heterocycles. The lowest BCUT2D eigenvalue weighted by molar-refractivity contribution is 0.103. The van der Waals surface area contributed by atoms with Gasteiger partial charge in [-0.1, -0.05) is 50.1 Å². The van der Waals surface area contributed by atoms with Crippen molar-refractivity contribution in [3.8, 4) is 0 Å². The first kappa shape index (κ1) is 12.1. The monoisotopic (exact) mass is 228 g/mol. The Labute approximate surface area is 104 Å². The molecule has 90 valence electrons. The predicted octanol–water partition coefficient (Wildman–Crippen LogP) is 4.49. The molecule has 0 radical (unpaired) electrons. The van der Waals surface area contributed by atoms with Gasteiger partial charge in [0.15, 0.2) is 5.78 Å². The first-order valence-electron chi connectivity index (χ1n) is 6.48. The third kappa shape index (κ3) is 2.85. The summed E-state index contributed by atoms with van der Waals surface area (Å²) in [5, 5.41) is 0. The van der Waals surface area contributed by atoms with E-state index in [-0.39, 0.29) is 5.78 Å². The van der Waals surface area contributed by atoms with Crippen LogP contribution in [0, 0.1) is 0 Å². The Morgan fingerprint density at radius 3 is 2.24 bits per heavy atom. The number of Topliss-reactive ketones (excluding diaryl/α,β-unsaturated/α-hetero) is 1. The Hall–Kier alpha value is -1.37. The number of hydrogen-bond donors (Lipinski definition) is 0. The van der Waals surface area contributed by atoms with Crippen LogP contribution in [0.2, 0.25) is 0 Å². The maximum atomic E-state index is 11.7. The van der Waals surface area contributed by atoms with E-state index in [2.05, 4.69) is 18.7 Å². The van der Waals surface area contributed by atoms with Crippen molar-refractivity contribution < 1.29 is 4.79 Å². The molecular formula is C16H20O. The number of carbonyl (C=O) groups is 1. The molecule has 2 rings (SSSR count). The minimum atomic E-state index is 0.0557. The van der Waals surface area contributed by atoms with Crippen molar-refractivity contribution >= 4 is 5.78 Å². The highest BCUT2D eigenvalue weighted by Gasteiger charge is 2.15. The minimum Gasteiger partial charge on any atom is -0.289 e. The molecular weight excluding hydrogens is 208 g/mol. The molecule has 17 heavy (non-hydrogen) atoms. The molecule has 1 aromatic carbocycles. The van der Waals surface area contributed by atoms with Gasteiger partial charge in [0.1, 0.15) is 0 Å². The molecule has 0 amide bonds. The topological polar surface area (TPSA) is 17.1 Å². The van der Waals surface area contributed by atoms with Gasteiger partial charge in [0.05, 0.1) is 0 Å². The number of rotatable bonds is 3. The van der Waals surface area contributed by atoms with Crippen molar-refractivity contribution in [1.29, 1.82) is 0 Å². The molecule has 0 spiro atoms. The van der Waals surface area contributed by atoms with Crippen molar-refractivity contribution in [2.45, 2.75) is 44.9 Å². The standard InChI is InChI=1S/C16H20O/c1-12(2)16(17)15-10-8-14(9-11-15)13-6-4-3-5-7-13/h8-11,13H,1,3-7H2,2H3. The molecule has 1 aliphatic rings. The highest BCUT2D eigenvalue weighted by atomic mass is 16.1. The molecule has 0 saturated heterocycles. The lowest BCUT2D eigenvalue weighted by Gasteiger charge is -2.22. The van der Waals surface area contributed by atoms with Crippen LogP contribution in [0.3, 0.4) is 0 Å². The summed E-state index contributed by atoms with van der Waals surface area (Å²) in [6, 6.07) is 8.13. The summed E-state index contributed by atoms with van der Waals surface area (Å²) in [6.45, 7) is 5.46. The van der Waals surface area contributed by atoms with E-state index in [1.165, 1.54) is 37.7 Å². The Morgan fingerprint density at radius 2 is 1.71 bits per heavy atom. The quantitative estimate of drug-likeness (QED) is 0.550. The molecule has 0 aromatic heterocycles. The second-order valence-corrected chi connectivity index (χ2v) is 5.07. The summed E-state index contributed by atoms with van der Waals surface area (Å²) in [5.74, 6) is 0.762. The van der Waals surface area contributed by atoms with Crippen molar-refractivity contribution in [3.05, 3.63) is 47.5 Å². The van der Waals surface area contributed by atoms with Crippen LogP contribution in [0.1, 0.15) is 60.9 Å². The lowest BCUT2D eigenvalue weighted by Crippen LogP contribution is -2.05. The smallest absolute Gasteiger partial charge is 0.188 e. The van der Waals surface area contributed by atoms with Crippen LogP contribution in [0.15, 0.2) is 36.4 Å². The van der Waals surface area contributed by atoms with E-state index in [0.29, 0.717) is 11.5 Å². The van der Waals surface area contributed by atoms with Gasteiger partial charge in [-0.15, -0.1) is 0 Å². The van der Waals surface area contributed by atoms with Gasteiger partial charge in [0.25, 0.3) is 0 Å². The summed E-state index contributed by atoms with van der Waals surface area (Å²) in [7, 11) is 0. The third-order valence-electron chi connectivity index (χ3n) is 3.64. The van der Waals surface area contributed by atoms with Gasteiger partial charge < -0.3 is 0 Å². The zero-order chi connectivity index (χ0) is 12.3. The number of benzene rings is 1. The number of allylic oxidation sites excluding steroid dienone is 1. The van der Waals surface area contributed by atoms with Crippen LogP contribution in [0.4, 0.5) is 0 Å². The maximum absolute atomic E-state index is 11.7. The van der Waals surface area contributed by atoms with E-state index >= 15 is 0 Å². The number of carbonyl (C=O) groups excluding carboxylic acids is 1. The largest absolute Gasteiger partial charge is 0.289 e. The van der Waals surface area contributed by atoms with E-state index in [9.17, 15) is 4.79 Å². The Balaban J connectivity index is 2.12. The van der Waals surface area contributed by atoms with E-state index in [0.717, 1.165) is 5.56 Å². The van der Waals surface area contributed by atoms with E-state index in [1.807, 2.05) is 12.1 Å². The van der Waals surface area contributed by atoms with Crippen LogP contribution in [-0.4, -0.2) is 5.78 Å². The molecule has 1 aromatic rings. The van der Waals surface area contributed by atoms with Crippen molar-refractivity contribution in [3.63, 3.8) is 0 Å². The molecule has 0 atom stereocenters. The maximum Gasteiger partial charge on any atom is 0.188 e. The van der Waals surface area contributed by atoms with Crippen LogP contribution < -0.4 is 0 Å². The van der Waals surface area contributed by atoms with Crippen LogP contribution in [-0.2, 0) is 0 Å². The van der Waals surface area contributed by atoms with E-state index in [4.69, 9.17) is 0 Å². The normalized spacial score (nSPS) is 16.8. The van der Waals surface area contributed by atoms with Gasteiger partial charge in [-0.05, 0) is 36.8 Å². The zero-order valence-electron chi connectivity index (χ0n) is 10.5. The zero-order valence-corrected chi connectivity index (χ0v) is 10.5. The molecule has 1 fully saturated rings. The highest BCUT2D eigenvalue weighted by molar-refractivity contribution is 6.07. The van der Waals surface area contributed by atoms with Gasteiger partial charge in [0, 0.05) is 5.56 Å². The van der Waals surface area contributed by atoms with Gasteiger partial charge >= 0.3 is 0 Å². The first-order valence-corrected chi connectivity index (χ1v) is 6.48. The molecule has 0 bridgehead atoms. The van der Waals surface area contributed by atoms with Crippen LogP contribution in [0.25, 0.3) is 0 Å². The third-order valence-corrected chi connectivity index (χ3v) is 3.64. The molecule has 0 heterocycles. The lowest BCUT2D eigenvalue weighted by atomic mass is 9.84. The summed E-state index contributed by atoms with van der Waals surface area (Å²) in [4.78, 5) is 11.7. The summed E-state index contributed by atoms with van der Waals surface area (Å²) < 4.78 is 0. The van der Waals surface area contributed by atoms with Gasteiger partial charge in [-0.2, -0.15) is 0 Å². The summed E-state index contributed by atoms with van der Waals surface area (Å²) in [5.41, 5.74) is 2.76. The highest BCUT2D eigenvalue weighted by Crippen LogP contribution is 2.32. The Bertz CT molecular complexity index is 408. The Morgan fingerprint density at radius 1 is 1.12 bits per heavy atom. The fraction of sp³-hybridized carbons (Fsp3) is 0.438. The van der Waals surface area contributed by atoms with Gasteiger partial charge in [-0.3, -0.25) is 4.79 Å². The van der Waals surface area contributed by atoms with Gasteiger partial charge in [0.2, 0.25) is 0 Å². The summed E-state index contributed by atoms with van der Waals surface area (Å²) in [6.07, 6.45) is 6.67. The van der Waals surface area contributed by atoms with Crippen molar-refractivity contribution in [2.75, 3.05) is 0 Å². The summed E-state index contributed by atoms with van der Waals surface area (Å²) >= 11 is 0. The second kappa shape index (κ2) is 5.31. The SMILES string of the molecule is C=C(C)C(=O)c1ccc(C2CCCCC2)cc1. The van der Waals surface area contributed by atoms with E-state index < -0.39 is 0 Å². The average molecular weight is 228 g/mol. The minimum absolute atomic E-state index is 0.0557. The predicted molar refractivity (Wildman–Crippen MR) is 71.4 cm³/mol. The molecule has 0 unspecified atom stereocenters. The number of hydrogen-bond acceptors (Lipinski definition) is 1. The fourth-order valence-corrected chi connectivity index (χ4v) is 2.59. The van der Waals surface area contributed by atoms with E-state index in [1.54, 1.807) is 6.92 Å². The van der Waals surface area contributed by atoms with Crippen molar-refractivity contribution in [1.82, 2.24) is 0 Å².